The molecule has 1 atom stereocenters. The van der Waals surface area contributed by atoms with Crippen LogP contribution in [0.5, 0.6) is 0 Å². The van der Waals surface area contributed by atoms with Crippen LogP contribution in [0.3, 0.4) is 0 Å². The first-order valence-corrected chi connectivity index (χ1v) is 5.37. The minimum atomic E-state index is -4.50. The monoisotopic (exact) mass is 259 g/mol. The summed E-state index contributed by atoms with van der Waals surface area (Å²) >= 11 is 0. The molecule has 1 amide bonds. The van der Waals surface area contributed by atoms with E-state index in [2.05, 4.69) is 11.7 Å². The van der Waals surface area contributed by atoms with Crippen LogP contribution < -0.4 is 4.90 Å². The molecular formula is C11H12F3N3O. The number of anilines is 1. The molecule has 0 aliphatic carbocycles. The van der Waals surface area contributed by atoms with Crippen LogP contribution in [0, 0.1) is 5.92 Å². The van der Waals surface area contributed by atoms with Gasteiger partial charge in [-0.1, -0.05) is 6.08 Å². The molecule has 1 fully saturated rings. The molecule has 0 spiro atoms. The van der Waals surface area contributed by atoms with E-state index in [-0.39, 0.29) is 24.1 Å². The Morgan fingerprint density at radius 3 is 2.67 bits per heavy atom. The molecule has 1 aliphatic heterocycles. The Hall–Kier alpha value is -1.79. The number of hydrogen-bond acceptors (Lipinski definition) is 2. The smallest absolute Gasteiger partial charge is 0.296 e. The number of carbonyl (C=O) groups excluding carboxylic acids is 1. The van der Waals surface area contributed by atoms with Gasteiger partial charge in [-0.3, -0.25) is 14.4 Å². The van der Waals surface area contributed by atoms with Crippen molar-refractivity contribution in [1.82, 2.24) is 9.78 Å². The van der Waals surface area contributed by atoms with Crippen LogP contribution in [0.15, 0.2) is 18.7 Å². The topological polar surface area (TPSA) is 38.1 Å². The van der Waals surface area contributed by atoms with Crippen molar-refractivity contribution < 1.29 is 18.0 Å². The maximum absolute atomic E-state index is 12.5. The van der Waals surface area contributed by atoms with Crippen molar-refractivity contribution in [2.45, 2.75) is 12.6 Å². The molecule has 1 unspecified atom stereocenters. The zero-order valence-electron chi connectivity index (χ0n) is 9.74. The molecule has 1 aromatic rings. The highest BCUT2D eigenvalue weighted by Gasteiger charge is 2.37. The van der Waals surface area contributed by atoms with Gasteiger partial charge in [-0.2, -0.15) is 18.3 Å². The molecule has 18 heavy (non-hydrogen) atoms. The number of alkyl halides is 3. The Kier molecular flexibility index (Phi) is 2.92. The second-order valence-electron chi connectivity index (χ2n) is 4.21. The Bertz CT molecular complexity index is 492. The van der Waals surface area contributed by atoms with Crippen LogP contribution >= 0.6 is 0 Å². The lowest BCUT2D eigenvalue weighted by Gasteiger charge is -2.15. The fourth-order valence-electron chi connectivity index (χ4n) is 1.96. The summed E-state index contributed by atoms with van der Waals surface area (Å²) in [6, 6.07) is 0.892. The van der Waals surface area contributed by atoms with Crippen molar-refractivity contribution in [1.29, 1.82) is 0 Å². The van der Waals surface area contributed by atoms with Gasteiger partial charge in [-0.25, -0.2) is 0 Å². The average molecular weight is 259 g/mol. The Labute approximate surface area is 102 Å². The zero-order chi connectivity index (χ0) is 13.5. The van der Waals surface area contributed by atoms with Gasteiger partial charge in [0.1, 0.15) is 5.82 Å². The first-order chi connectivity index (χ1) is 8.32. The van der Waals surface area contributed by atoms with Crippen molar-refractivity contribution >= 4 is 11.7 Å². The van der Waals surface area contributed by atoms with E-state index >= 15 is 0 Å². The highest BCUT2D eigenvalue weighted by molar-refractivity contribution is 5.95. The predicted octanol–water partition coefficient (Wildman–Crippen LogP) is 1.98. The molecule has 4 nitrogen and oxygen atoms in total. The summed E-state index contributed by atoms with van der Waals surface area (Å²) in [5, 5.41) is 3.38. The molecule has 1 aromatic heterocycles. The number of rotatable bonds is 2. The van der Waals surface area contributed by atoms with Crippen molar-refractivity contribution in [2.75, 3.05) is 11.4 Å². The molecular weight excluding hydrogens is 247 g/mol. The molecule has 0 radical (unpaired) electrons. The number of halogens is 3. The Balaban J connectivity index is 2.32. The van der Waals surface area contributed by atoms with E-state index in [1.54, 1.807) is 6.08 Å². The molecule has 2 heterocycles. The third kappa shape index (κ3) is 2.12. The number of amides is 1. The van der Waals surface area contributed by atoms with Gasteiger partial charge in [-0.15, -0.1) is 6.58 Å². The standard InChI is InChI=1S/C11H12F3N3O/c1-3-7-4-10(18)17(6-7)9-5-8(11(12,13)14)15-16(9)2/h3,5,7H,1,4,6H2,2H3. The summed E-state index contributed by atoms with van der Waals surface area (Å²) in [5.74, 6) is -0.0740. The zero-order valence-corrected chi connectivity index (χ0v) is 9.74. The molecule has 0 aromatic carbocycles. The highest BCUT2D eigenvalue weighted by atomic mass is 19.4. The Morgan fingerprint density at radius 1 is 1.56 bits per heavy atom. The lowest BCUT2D eigenvalue weighted by atomic mass is 10.1. The minimum absolute atomic E-state index is 0.0262. The first kappa shape index (κ1) is 12.7. The third-order valence-electron chi connectivity index (χ3n) is 2.91. The number of aryl methyl sites for hydroxylation is 1. The van der Waals surface area contributed by atoms with Crippen molar-refractivity contribution in [3.05, 3.63) is 24.4 Å². The van der Waals surface area contributed by atoms with Gasteiger partial charge in [0.2, 0.25) is 5.91 Å². The maximum Gasteiger partial charge on any atom is 0.435 e. The second-order valence-corrected chi connectivity index (χ2v) is 4.21. The summed E-state index contributed by atoms with van der Waals surface area (Å²) in [4.78, 5) is 13.0. The lowest BCUT2D eigenvalue weighted by molar-refractivity contribution is -0.141. The first-order valence-electron chi connectivity index (χ1n) is 5.37. The predicted molar refractivity (Wildman–Crippen MR) is 58.9 cm³/mol. The van der Waals surface area contributed by atoms with Crippen LogP contribution in [0.4, 0.5) is 19.0 Å². The number of nitrogens with zero attached hydrogens (tertiary/aromatic N) is 3. The molecule has 0 bridgehead atoms. The summed E-state index contributed by atoms with van der Waals surface area (Å²) in [5.41, 5.74) is -0.991. The number of aromatic nitrogens is 2. The molecule has 98 valence electrons. The van der Waals surface area contributed by atoms with Gasteiger partial charge in [-0.05, 0) is 0 Å². The van der Waals surface area contributed by atoms with Gasteiger partial charge >= 0.3 is 6.18 Å². The molecule has 2 rings (SSSR count). The van der Waals surface area contributed by atoms with E-state index < -0.39 is 11.9 Å². The number of hydrogen-bond donors (Lipinski definition) is 0. The normalized spacial score (nSPS) is 20.6. The Morgan fingerprint density at radius 2 is 2.22 bits per heavy atom. The van der Waals surface area contributed by atoms with Crippen LogP contribution in [-0.2, 0) is 18.0 Å². The van der Waals surface area contributed by atoms with Gasteiger partial charge in [0.25, 0.3) is 0 Å². The highest BCUT2D eigenvalue weighted by Crippen LogP contribution is 2.32. The maximum atomic E-state index is 12.5. The average Bonchev–Trinajstić information content (AvgIpc) is 2.81. The summed E-state index contributed by atoms with van der Waals surface area (Å²) in [6.45, 7) is 3.94. The van der Waals surface area contributed by atoms with E-state index in [0.29, 0.717) is 6.54 Å². The van der Waals surface area contributed by atoms with Gasteiger partial charge < -0.3 is 0 Å². The number of carbonyl (C=O) groups is 1. The van der Waals surface area contributed by atoms with E-state index in [9.17, 15) is 18.0 Å². The lowest BCUT2D eigenvalue weighted by Crippen LogP contribution is -2.26. The molecule has 1 aliphatic rings. The van der Waals surface area contributed by atoms with Crippen molar-refractivity contribution in [3.63, 3.8) is 0 Å². The minimum Gasteiger partial charge on any atom is -0.296 e. The van der Waals surface area contributed by atoms with Crippen LogP contribution in [0.1, 0.15) is 12.1 Å². The molecule has 0 saturated carbocycles. The third-order valence-corrected chi connectivity index (χ3v) is 2.91. The van der Waals surface area contributed by atoms with Crippen molar-refractivity contribution in [3.8, 4) is 0 Å². The van der Waals surface area contributed by atoms with E-state index in [1.165, 1.54) is 11.9 Å². The summed E-state index contributed by atoms with van der Waals surface area (Å²) in [6.07, 6.45) is -2.59. The van der Waals surface area contributed by atoms with Gasteiger partial charge in [0.15, 0.2) is 5.69 Å². The van der Waals surface area contributed by atoms with Crippen molar-refractivity contribution in [2.24, 2.45) is 13.0 Å². The SMILES string of the molecule is C=CC1CC(=O)N(c2cc(C(F)(F)F)nn2C)C1. The fourth-order valence-corrected chi connectivity index (χ4v) is 1.96. The van der Waals surface area contributed by atoms with Gasteiger partial charge in [0, 0.05) is 32.0 Å². The quantitative estimate of drug-likeness (QED) is 0.762. The van der Waals surface area contributed by atoms with E-state index in [1.807, 2.05) is 0 Å². The van der Waals surface area contributed by atoms with E-state index in [4.69, 9.17) is 0 Å². The second kappa shape index (κ2) is 4.15. The largest absolute Gasteiger partial charge is 0.435 e. The van der Waals surface area contributed by atoms with Crippen LogP contribution in [0.25, 0.3) is 0 Å². The van der Waals surface area contributed by atoms with Gasteiger partial charge in [0.05, 0.1) is 0 Å². The van der Waals surface area contributed by atoms with Crippen LogP contribution in [-0.4, -0.2) is 22.2 Å². The molecule has 1 saturated heterocycles. The molecule has 0 N–H and O–H groups in total. The summed E-state index contributed by atoms with van der Waals surface area (Å²) in [7, 11) is 1.39. The van der Waals surface area contributed by atoms with Crippen LogP contribution in [0.2, 0.25) is 0 Å². The molecule has 7 heteroatoms. The summed E-state index contributed by atoms with van der Waals surface area (Å²) < 4.78 is 38.6. The fraction of sp³-hybridized carbons (Fsp3) is 0.455. The van der Waals surface area contributed by atoms with E-state index in [0.717, 1.165) is 10.7 Å².